The van der Waals surface area contributed by atoms with Crippen molar-refractivity contribution in [1.29, 1.82) is 0 Å². The van der Waals surface area contributed by atoms with Crippen LogP contribution >= 0.6 is 11.3 Å². The molecular weight excluding hydrogens is 486 g/mol. The summed E-state index contributed by atoms with van der Waals surface area (Å²) < 4.78 is 16.3. The fourth-order valence-corrected chi connectivity index (χ4v) is 5.07. The third-order valence-electron chi connectivity index (χ3n) is 5.71. The monoisotopic (exact) mass is 509 g/mol. The molecule has 3 heterocycles. The van der Waals surface area contributed by atoms with Crippen LogP contribution in [0.5, 0.6) is 17.2 Å². The summed E-state index contributed by atoms with van der Waals surface area (Å²) in [4.78, 5) is 48.7. The molecule has 1 amide bonds. The molecule has 1 aromatic carbocycles. The van der Waals surface area contributed by atoms with Gasteiger partial charge in [0.15, 0.2) is 22.4 Å². The number of rotatable bonds is 7. The van der Waals surface area contributed by atoms with Gasteiger partial charge in [-0.2, -0.15) is 0 Å². The van der Waals surface area contributed by atoms with Gasteiger partial charge in [-0.1, -0.05) is 11.3 Å². The zero-order valence-corrected chi connectivity index (χ0v) is 21.0. The molecule has 3 aromatic rings. The summed E-state index contributed by atoms with van der Waals surface area (Å²) >= 11 is 0.997. The number of pyridine rings is 1. The molecule has 0 spiro atoms. The van der Waals surface area contributed by atoms with Crippen LogP contribution in [0.25, 0.3) is 5.76 Å². The molecule has 1 N–H and O–H groups in total. The third kappa shape index (κ3) is 4.07. The van der Waals surface area contributed by atoms with E-state index in [9.17, 15) is 19.5 Å². The van der Waals surface area contributed by atoms with Crippen molar-refractivity contribution in [2.24, 2.45) is 0 Å². The van der Waals surface area contributed by atoms with Crippen LogP contribution in [-0.2, 0) is 9.59 Å². The van der Waals surface area contributed by atoms with E-state index in [2.05, 4.69) is 9.97 Å². The average Bonchev–Trinajstić information content (AvgIpc) is 3.39. The molecule has 0 aliphatic carbocycles. The van der Waals surface area contributed by atoms with Gasteiger partial charge in [-0.3, -0.25) is 24.3 Å². The van der Waals surface area contributed by atoms with Crippen LogP contribution in [-0.4, -0.2) is 53.9 Å². The fourth-order valence-electron chi connectivity index (χ4n) is 4.08. The number of anilines is 1. The number of hydrogen-bond acceptors (Lipinski definition) is 10. The smallest absolute Gasteiger partial charge is 0.301 e. The van der Waals surface area contributed by atoms with Gasteiger partial charge in [0, 0.05) is 24.9 Å². The molecule has 11 heteroatoms. The number of thiazole rings is 1. The largest absolute Gasteiger partial charge is 0.507 e. The Morgan fingerprint density at radius 1 is 1.06 bits per heavy atom. The number of benzene rings is 1. The normalized spacial score (nSPS) is 16.8. The Morgan fingerprint density at radius 3 is 2.17 bits per heavy atom. The molecular formula is C25H23N3O7S. The van der Waals surface area contributed by atoms with Crippen molar-refractivity contribution in [3.05, 3.63) is 63.9 Å². The van der Waals surface area contributed by atoms with E-state index in [-0.39, 0.29) is 22.2 Å². The first-order valence-corrected chi connectivity index (χ1v) is 11.5. The van der Waals surface area contributed by atoms with Crippen LogP contribution in [0.2, 0.25) is 0 Å². The predicted octanol–water partition coefficient (Wildman–Crippen LogP) is 3.70. The zero-order valence-electron chi connectivity index (χ0n) is 20.2. The Morgan fingerprint density at radius 2 is 1.67 bits per heavy atom. The second kappa shape index (κ2) is 9.78. The van der Waals surface area contributed by atoms with Crippen molar-refractivity contribution in [3.63, 3.8) is 0 Å². The summed E-state index contributed by atoms with van der Waals surface area (Å²) in [6.45, 7) is 3.05. The first-order valence-electron chi connectivity index (χ1n) is 10.7. The van der Waals surface area contributed by atoms with E-state index in [1.54, 1.807) is 19.1 Å². The van der Waals surface area contributed by atoms with Crippen molar-refractivity contribution in [3.8, 4) is 17.2 Å². The van der Waals surface area contributed by atoms with E-state index < -0.39 is 17.7 Å². The maximum absolute atomic E-state index is 13.4. The minimum absolute atomic E-state index is 0.146. The molecule has 1 aliphatic rings. The van der Waals surface area contributed by atoms with Gasteiger partial charge in [0.1, 0.15) is 5.76 Å². The van der Waals surface area contributed by atoms with Crippen molar-refractivity contribution in [1.82, 2.24) is 9.97 Å². The highest BCUT2D eigenvalue weighted by atomic mass is 32.1. The fraction of sp³-hybridized carbons (Fsp3) is 0.240. The molecule has 36 heavy (non-hydrogen) atoms. The molecule has 1 atom stereocenters. The number of aryl methyl sites for hydroxylation is 1. The Hall–Kier alpha value is -4.25. The van der Waals surface area contributed by atoms with Crippen LogP contribution in [0.15, 0.2) is 42.2 Å². The molecule has 2 aromatic heterocycles. The standard InChI is InChI=1S/C25H23N3O7S/c1-12-23(13(2)29)36-25(27-12)28-19(15-10-16(33-3)22(35-5)17(11-15)34-4)18(21(31)24(28)32)20(30)14-6-8-26-9-7-14/h6-11,19,30H,1-5H3. The van der Waals surface area contributed by atoms with E-state index >= 15 is 0 Å². The zero-order chi connectivity index (χ0) is 26.1. The van der Waals surface area contributed by atoms with Gasteiger partial charge in [0.2, 0.25) is 5.75 Å². The van der Waals surface area contributed by atoms with Gasteiger partial charge in [0.05, 0.1) is 43.5 Å². The maximum Gasteiger partial charge on any atom is 0.301 e. The molecule has 1 aliphatic heterocycles. The Bertz CT molecular complexity index is 1370. The highest BCUT2D eigenvalue weighted by molar-refractivity contribution is 7.18. The van der Waals surface area contributed by atoms with E-state index in [4.69, 9.17) is 14.2 Å². The maximum atomic E-state index is 13.4. The number of ketones is 2. The predicted molar refractivity (Wildman–Crippen MR) is 132 cm³/mol. The van der Waals surface area contributed by atoms with Crippen molar-refractivity contribution in [2.75, 3.05) is 26.2 Å². The van der Waals surface area contributed by atoms with Gasteiger partial charge < -0.3 is 19.3 Å². The van der Waals surface area contributed by atoms with Crippen LogP contribution in [0.4, 0.5) is 5.13 Å². The highest BCUT2D eigenvalue weighted by Crippen LogP contribution is 2.48. The summed E-state index contributed by atoms with van der Waals surface area (Å²) in [6.07, 6.45) is 2.92. The number of methoxy groups -OCH3 is 3. The van der Waals surface area contributed by atoms with Gasteiger partial charge in [-0.05, 0) is 36.8 Å². The Labute approximate surface area is 210 Å². The topological polar surface area (TPSA) is 128 Å². The molecule has 1 unspecified atom stereocenters. The number of ether oxygens (including phenoxy) is 3. The number of Topliss-reactive ketones (excluding diaryl/α,β-unsaturated/α-hetero) is 2. The number of hydrogen-bond donors (Lipinski definition) is 1. The lowest BCUT2D eigenvalue weighted by atomic mass is 9.95. The molecule has 1 fully saturated rings. The van der Waals surface area contributed by atoms with E-state index in [1.807, 2.05) is 0 Å². The first-order chi connectivity index (χ1) is 17.2. The van der Waals surface area contributed by atoms with Gasteiger partial charge in [-0.15, -0.1) is 0 Å². The molecule has 4 rings (SSSR count). The molecule has 0 saturated carbocycles. The minimum atomic E-state index is -1.10. The van der Waals surface area contributed by atoms with Gasteiger partial charge in [0.25, 0.3) is 5.78 Å². The van der Waals surface area contributed by atoms with Crippen LogP contribution < -0.4 is 19.1 Å². The summed E-state index contributed by atoms with van der Waals surface area (Å²) in [5.74, 6) is -1.49. The molecule has 1 saturated heterocycles. The van der Waals surface area contributed by atoms with E-state index in [0.717, 1.165) is 11.3 Å². The van der Waals surface area contributed by atoms with Crippen LogP contribution in [0, 0.1) is 6.92 Å². The van der Waals surface area contributed by atoms with E-state index in [1.165, 1.54) is 57.7 Å². The molecule has 0 radical (unpaired) electrons. The lowest BCUT2D eigenvalue weighted by Gasteiger charge is -2.24. The number of carbonyl (C=O) groups excluding carboxylic acids is 3. The first kappa shape index (κ1) is 24.9. The summed E-state index contributed by atoms with van der Waals surface area (Å²) in [5, 5.41) is 11.3. The third-order valence-corrected chi connectivity index (χ3v) is 6.97. The second-order valence-electron chi connectivity index (χ2n) is 7.83. The summed E-state index contributed by atoms with van der Waals surface area (Å²) in [7, 11) is 4.34. The number of nitrogens with zero attached hydrogens (tertiary/aromatic N) is 3. The van der Waals surface area contributed by atoms with Crippen molar-refractivity contribution >= 4 is 39.7 Å². The number of aromatic nitrogens is 2. The van der Waals surface area contributed by atoms with Gasteiger partial charge in [-0.25, -0.2) is 4.98 Å². The Kier molecular flexibility index (Phi) is 6.75. The van der Waals surface area contributed by atoms with Crippen LogP contribution in [0.3, 0.4) is 0 Å². The van der Waals surface area contributed by atoms with Gasteiger partial charge >= 0.3 is 5.91 Å². The SMILES string of the molecule is COc1cc(C2C(=C(O)c3ccncc3)C(=O)C(=O)N2c2nc(C)c(C(C)=O)s2)cc(OC)c1OC. The second-order valence-corrected chi connectivity index (χ2v) is 8.81. The van der Waals surface area contributed by atoms with Crippen molar-refractivity contribution < 1.29 is 33.7 Å². The summed E-state index contributed by atoms with van der Waals surface area (Å²) in [5.41, 5.74) is 0.983. The number of amides is 1. The molecule has 0 bridgehead atoms. The quantitative estimate of drug-likeness (QED) is 0.219. The Balaban J connectivity index is 2.02. The van der Waals surface area contributed by atoms with Crippen molar-refractivity contribution in [2.45, 2.75) is 19.9 Å². The number of aliphatic hydroxyl groups is 1. The lowest BCUT2D eigenvalue weighted by molar-refractivity contribution is -0.132. The molecule has 10 nitrogen and oxygen atoms in total. The van der Waals surface area contributed by atoms with Crippen LogP contribution in [0.1, 0.15) is 39.5 Å². The lowest BCUT2D eigenvalue weighted by Crippen LogP contribution is -2.29. The van der Waals surface area contributed by atoms with E-state index in [0.29, 0.717) is 38.9 Å². The highest BCUT2D eigenvalue weighted by Gasteiger charge is 2.49. The number of aliphatic hydroxyl groups excluding tert-OH is 1. The molecule has 186 valence electrons. The average molecular weight is 510 g/mol. The summed E-state index contributed by atoms with van der Waals surface area (Å²) in [6, 6.07) is 5.14. The minimum Gasteiger partial charge on any atom is -0.507 e. The number of carbonyl (C=O) groups is 3.